The van der Waals surface area contributed by atoms with Crippen LogP contribution in [0.2, 0.25) is 0 Å². The lowest BCUT2D eigenvalue weighted by Crippen LogP contribution is -1.85. The number of hydrogen-bond donors (Lipinski definition) is 0. The summed E-state index contributed by atoms with van der Waals surface area (Å²) in [5.74, 6) is 0. The largest absolute Gasteiger partial charge is 0.257 e. The number of hydrogen-bond acceptors (Lipinski definition) is 0. The summed E-state index contributed by atoms with van der Waals surface area (Å²) in [6, 6.07) is 6.49. The van der Waals surface area contributed by atoms with Crippen molar-refractivity contribution < 1.29 is 17.6 Å². The lowest BCUT2D eigenvalue weighted by Gasteiger charge is -2.00. The van der Waals surface area contributed by atoms with Crippen molar-refractivity contribution in [2.45, 2.75) is 12.9 Å². The molecule has 0 nitrogen and oxygen atoms in total. The van der Waals surface area contributed by atoms with Gasteiger partial charge in [0, 0.05) is 0 Å². The fraction of sp³-hybridized carbons (Fsp3) is 0.167. The summed E-state index contributed by atoms with van der Waals surface area (Å²) in [6.07, 6.45) is -1.23. The van der Waals surface area contributed by atoms with Crippen LogP contribution < -0.4 is 0 Å². The topological polar surface area (TPSA) is 0 Å². The van der Waals surface area contributed by atoms with E-state index in [-0.39, 0.29) is 0 Å². The third kappa shape index (κ3) is 4.29. The van der Waals surface area contributed by atoms with Gasteiger partial charge in [-0.25, -0.2) is 17.6 Å². The maximum absolute atomic E-state index is 11.9. The van der Waals surface area contributed by atoms with Crippen LogP contribution in [0.3, 0.4) is 0 Å². The van der Waals surface area contributed by atoms with E-state index >= 15 is 0 Å². The molecule has 0 unspecified atom stereocenters. The molecule has 0 saturated heterocycles. The third-order valence-corrected chi connectivity index (χ3v) is 1.84. The van der Waals surface area contributed by atoms with E-state index in [1.54, 1.807) is 24.3 Å². The number of halogens is 4. The van der Waals surface area contributed by atoms with Crippen molar-refractivity contribution in [2.75, 3.05) is 0 Å². The van der Waals surface area contributed by atoms with Crippen LogP contribution in [0, 0.1) is 0 Å². The van der Waals surface area contributed by atoms with Gasteiger partial charge in [-0.15, -0.1) is 0 Å². The molecule has 0 fully saturated rings. The first-order valence-electron chi connectivity index (χ1n) is 4.61. The highest BCUT2D eigenvalue weighted by Crippen LogP contribution is 2.14. The van der Waals surface area contributed by atoms with Gasteiger partial charge in [-0.2, -0.15) is 0 Å². The van der Waals surface area contributed by atoms with Gasteiger partial charge in [-0.05, 0) is 23.3 Å². The van der Waals surface area contributed by atoms with Crippen LogP contribution in [0.25, 0.3) is 12.2 Å². The molecule has 0 saturated carbocycles. The predicted molar refractivity (Wildman–Crippen MR) is 56.5 cm³/mol. The molecule has 0 aliphatic heterocycles. The lowest BCUT2D eigenvalue weighted by atomic mass is 10.1. The zero-order chi connectivity index (χ0) is 12.0. The summed E-state index contributed by atoms with van der Waals surface area (Å²) in [7, 11) is 0. The van der Waals surface area contributed by atoms with Crippen LogP contribution in [0.4, 0.5) is 17.6 Å². The normalized spacial score (nSPS) is 12.4. The van der Waals surface area contributed by atoms with E-state index in [9.17, 15) is 17.6 Å². The molecule has 0 spiro atoms. The highest BCUT2D eigenvalue weighted by atomic mass is 19.3. The fourth-order valence-electron chi connectivity index (χ4n) is 1.17. The van der Waals surface area contributed by atoms with Gasteiger partial charge in [0.25, 0.3) is 12.9 Å². The second kappa shape index (κ2) is 6.10. The van der Waals surface area contributed by atoms with Crippen molar-refractivity contribution in [3.05, 3.63) is 47.5 Å². The van der Waals surface area contributed by atoms with E-state index in [1.165, 1.54) is 12.2 Å². The molecule has 0 radical (unpaired) electrons. The smallest absolute Gasteiger partial charge is 0.206 e. The Kier molecular flexibility index (Phi) is 4.76. The van der Waals surface area contributed by atoms with Crippen molar-refractivity contribution in [3.8, 4) is 0 Å². The predicted octanol–water partition coefficient (Wildman–Crippen LogP) is 4.24. The van der Waals surface area contributed by atoms with Crippen molar-refractivity contribution in [3.63, 3.8) is 0 Å². The summed E-state index contributed by atoms with van der Waals surface area (Å²) in [5, 5.41) is 0. The van der Waals surface area contributed by atoms with Gasteiger partial charge >= 0.3 is 0 Å². The Morgan fingerprint density at radius 3 is 1.44 bits per heavy atom. The summed E-state index contributed by atoms with van der Waals surface area (Å²) >= 11 is 0. The molecule has 1 aromatic carbocycles. The molecule has 0 heterocycles. The Morgan fingerprint density at radius 2 is 1.12 bits per heavy atom. The summed E-state index contributed by atoms with van der Waals surface area (Å²) in [5.41, 5.74) is 0.972. The third-order valence-electron chi connectivity index (χ3n) is 1.84. The first-order chi connectivity index (χ1) is 7.59. The fourth-order valence-corrected chi connectivity index (χ4v) is 1.17. The van der Waals surface area contributed by atoms with Gasteiger partial charge in [0.05, 0.1) is 0 Å². The van der Waals surface area contributed by atoms with E-state index in [4.69, 9.17) is 0 Å². The van der Waals surface area contributed by atoms with Crippen molar-refractivity contribution in [2.24, 2.45) is 0 Å². The molecule has 16 heavy (non-hydrogen) atoms. The molecular formula is C12H10F4. The summed E-state index contributed by atoms with van der Waals surface area (Å²) in [4.78, 5) is 0. The number of alkyl halides is 4. The molecule has 1 aromatic rings. The lowest BCUT2D eigenvalue weighted by molar-refractivity contribution is 0.204. The number of allylic oxidation sites excluding steroid dienone is 2. The van der Waals surface area contributed by atoms with Crippen molar-refractivity contribution in [1.82, 2.24) is 0 Å². The standard InChI is InChI=1S/C12H10F4/c13-11(14)7-5-9-3-1-2-4-10(9)6-8-12(15)16/h1-8,11-12H. The van der Waals surface area contributed by atoms with E-state index in [0.29, 0.717) is 11.1 Å². The average Bonchev–Trinajstić information content (AvgIpc) is 2.24. The van der Waals surface area contributed by atoms with E-state index in [0.717, 1.165) is 12.2 Å². The monoisotopic (exact) mass is 230 g/mol. The highest BCUT2D eigenvalue weighted by molar-refractivity contribution is 5.65. The Morgan fingerprint density at radius 1 is 0.750 bits per heavy atom. The zero-order valence-corrected chi connectivity index (χ0v) is 8.29. The Hall–Kier alpha value is -1.58. The van der Waals surface area contributed by atoms with Gasteiger partial charge in [-0.1, -0.05) is 36.4 Å². The number of benzene rings is 1. The van der Waals surface area contributed by atoms with Gasteiger partial charge in [0.15, 0.2) is 0 Å². The molecule has 0 aliphatic carbocycles. The SMILES string of the molecule is FC(F)C=Cc1ccccc1C=CC(F)F. The van der Waals surface area contributed by atoms with Crippen molar-refractivity contribution in [1.29, 1.82) is 0 Å². The second-order valence-corrected chi connectivity index (χ2v) is 3.02. The van der Waals surface area contributed by atoms with Crippen LogP contribution in [0.5, 0.6) is 0 Å². The minimum Gasteiger partial charge on any atom is -0.206 e. The van der Waals surface area contributed by atoms with Crippen LogP contribution in [0.15, 0.2) is 36.4 Å². The molecule has 4 heteroatoms. The minimum absolute atomic E-state index is 0.486. The maximum Gasteiger partial charge on any atom is 0.257 e. The summed E-state index contributed by atoms with van der Waals surface area (Å²) in [6.45, 7) is 0. The molecule has 86 valence electrons. The van der Waals surface area contributed by atoms with E-state index in [1.807, 2.05) is 0 Å². The van der Waals surface area contributed by atoms with Gasteiger partial charge in [-0.3, -0.25) is 0 Å². The van der Waals surface area contributed by atoms with Gasteiger partial charge in [0.2, 0.25) is 0 Å². The Balaban J connectivity index is 2.92. The average molecular weight is 230 g/mol. The molecule has 0 aromatic heterocycles. The highest BCUT2D eigenvalue weighted by Gasteiger charge is 1.99. The maximum atomic E-state index is 11.9. The molecular weight excluding hydrogens is 220 g/mol. The van der Waals surface area contributed by atoms with Crippen LogP contribution >= 0.6 is 0 Å². The Labute approximate surface area is 90.9 Å². The second-order valence-electron chi connectivity index (χ2n) is 3.02. The molecule has 0 N–H and O–H groups in total. The zero-order valence-electron chi connectivity index (χ0n) is 8.29. The minimum atomic E-state index is -2.55. The van der Waals surface area contributed by atoms with Crippen molar-refractivity contribution >= 4 is 12.2 Å². The van der Waals surface area contributed by atoms with E-state index in [2.05, 4.69) is 0 Å². The summed E-state index contributed by atoms with van der Waals surface area (Å²) < 4.78 is 47.8. The van der Waals surface area contributed by atoms with Gasteiger partial charge < -0.3 is 0 Å². The van der Waals surface area contributed by atoms with E-state index < -0.39 is 12.9 Å². The quantitative estimate of drug-likeness (QED) is 0.678. The molecule has 0 bridgehead atoms. The molecule has 0 aliphatic rings. The number of rotatable bonds is 4. The van der Waals surface area contributed by atoms with Gasteiger partial charge in [0.1, 0.15) is 0 Å². The Bertz CT molecular complexity index is 343. The first kappa shape index (κ1) is 12.5. The van der Waals surface area contributed by atoms with Crippen LogP contribution in [-0.2, 0) is 0 Å². The molecule has 0 atom stereocenters. The molecule has 1 rings (SSSR count). The van der Waals surface area contributed by atoms with Crippen LogP contribution in [0.1, 0.15) is 11.1 Å². The molecule has 0 amide bonds. The van der Waals surface area contributed by atoms with Crippen LogP contribution in [-0.4, -0.2) is 12.9 Å². The first-order valence-corrected chi connectivity index (χ1v) is 4.61.